The van der Waals surface area contributed by atoms with Gasteiger partial charge < -0.3 is 10.1 Å². The minimum absolute atomic E-state index is 0.576. The van der Waals surface area contributed by atoms with Crippen LogP contribution in [0.4, 0.5) is 0 Å². The molecule has 0 aromatic carbocycles. The van der Waals surface area contributed by atoms with Crippen LogP contribution in [0.5, 0.6) is 0 Å². The third-order valence-corrected chi connectivity index (χ3v) is 4.50. The van der Waals surface area contributed by atoms with E-state index in [0.717, 1.165) is 25.0 Å². The van der Waals surface area contributed by atoms with Crippen LogP contribution in [-0.4, -0.2) is 25.8 Å². The van der Waals surface area contributed by atoms with Crippen LogP contribution in [0, 0.1) is 11.8 Å². The number of ether oxygens (including phenoxy) is 1. The second kappa shape index (κ2) is 7.38. The lowest BCUT2D eigenvalue weighted by molar-refractivity contribution is 0.0597. The maximum Gasteiger partial charge on any atom is 0.0594 e. The minimum atomic E-state index is 0.576. The smallest absolute Gasteiger partial charge is 0.0594 e. The third kappa shape index (κ3) is 4.97. The molecule has 0 radical (unpaired) electrons. The van der Waals surface area contributed by atoms with Gasteiger partial charge in [0.05, 0.1) is 12.7 Å². The predicted molar refractivity (Wildman–Crippen MR) is 72.2 cm³/mol. The summed E-state index contributed by atoms with van der Waals surface area (Å²) in [6.45, 7) is 5.55. The molecule has 1 N–H and O–H groups in total. The summed E-state index contributed by atoms with van der Waals surface area (Å²) in [6.07, 6.45) is 11.6. The zero-order valence-electron chi connectivity index (χ0n) is 11.4. The van der Waals surface area contributed by atoms with E-state index >= 15 is 0 Å². The number of hydrogen-bond acceptors (Lipinski definition) is 2. The molecule has 0 bridgehead atoms. The van der Waals surface area contributed by atoms with Crippen LogP contribution in [0.3, 0.4) is 0 Å². The Balaban J connectivity index is 1.43. The quantitative estimate of drug-likeness (QED) is 0.718. The normalized spacial score (nSPS) is 30.9. The molecule has 2 aliphatic rings. The molecule has 17 heavy (non-hydrogen) atoms. The van der Waals surface area contributed by atoms with Crippen molar-refractivity contribution in [1.82, 2.24) is 5.32 Å². The van der Waals surface area contributed by atoms with Crippen LogP contribution >= 0.6 is 0 Å². The van der Waals surface area contributed by atoms with Gasteiger partial charge in [0, 0.05) is 6.54 Å². The molecule has 100 valence electrons. The summed E-state index contributed by atoms with van der Waals surface area (Å²) in [6, 6.07) is 0. The van der Waals surface area contributed by atoms with Crippen molar-refractivity contribution in [1.29, 1.82) is 0 Å². The van der Waals surface area contributed by atoms with E-state index in [0.29, 0.717) is 6.10 Å². The number of nitrogens with one attached hydrogen (secondary N) is 1. The highest BCUT2D eigenvalue weighted by atomic mass is 16.5. The Bertz CT molecular complexity index is 193. The molecule has 0 aliphatic heterocycles. The molecular weight excluding hydrogens is 210 g/mol. The first-order valence-electron chi connectivity index (χ1n) is 7.67. The van der Waals surface area contributed by atoms with Crippen LogP contribution in [0.2, 0.25) is 0 Å². The van der Waals surface area contributed by atoms with E-state index in [-0.39, 0.29) is 0 Å². The summed E-state index contributed by atoms with van der Waals surface area (Å²) >= 11 is 0. The highest BCUT2D eigenvalue weighted by Gasteiger charge is 2.18. The van der Waals surface area contributed by atoms with Gasteiger partial charge in [0.2, 0.25) is 0 Å². The molecule has 2 aliphatic carbocycles. The van der Waals surface area contributed by atoms with E-state index in [9.17, 15) is 0 Å². The standard InChI is InChI=1S/C15H29NO/c1-13-6-8-14(9-7-13)12-16-10-11-17-15-4-2-3-5-15/h13-16H,2-12H2,1H3. The molecule has 0 unspecified atom stereocenters. The van der Waals surface area contributed by atoms with Gasteiger partial charge in [0.1, 0.15) is 0 Å². The zero-order valence-corrected chi connectivity index (χ0v) is 11.4. The number of hydrogen-bond donors (Lipinski definition) is 1. The molecule has 0 saturated heterocycles. The van der Waals surface area contributed by atoms with E-state index in [2.05, 4.69) is 12.2 Å². The van der Waals surface area contributed by atoms with Crippen molar-refractivity contribution in [2.45, 2.75) is 64.4 Å². The van der Waals surface area contributed by atoms with Gasteiger partial charge in [-0.3, -0.25) is 0 Å². The van der Waals surface area contributed by atoms with Crippen LogP contribution < -0.4 is 5.32 Å². The Morgan fingerprint density at radius 3 is 2.41 bits per heavy atom. The first-order valence-corrected chi connectivity index (χ1v) is 7.67. The molecule has 0 atom stereocenters. The summed E-state index contributed by atoms with van der Waals surface area (Å²) in [7, 11) is 0. The lowest BCUT2D eigenvalue weighted by atomic mass is 9.83. The molecule has 0 aromatic heterocycles. The Morgan fingerprint density at radius 1 is 1.00 bits per heavy atom. The van der Waals surface area contributed by atoms with Crippen LogP contribution in [-0.2, 0) is 4.74 Å². The SMILES string of the molecule is CC1CCC(CNCCOC2CCCC2)CC1. The molecule has 0 amide bonds. The Morgan fingerprint density at radius 2 is 1.71 bits per heavy atom. The Hall–Kier alpha value is -0.0800. The molecule has 2 rings (SSSR count). The molecule has 0 aromatic rings. The molecule has 0 spiro atoms. The summed E-state index contributed by atoms with van der Waals surface area (Å²) in [5.41, 5.74) is 0. The van der Waals surface area contributed by atoms with Gasteiger partial charge in [0.25, 0.3) is 0 Å². The molecule has 0 heterocycles. The van der Waals surface area contributed by atoms with Crippen LogP contribution in [0.15, 0.2) is 0 Å². The first-order chi connectivity index (χ1) is 8.34. The lowest BCUT2D eigenvalue weighted by Gasteiger charge is -2.26. The van der Waals surface area contributed by atoms with E-state index < -0.39 is 0 Å². The van der Waals surface area contributed by atoms with Gasteiger partial charge in [-0.25, -0.2) is 0 Å². The van der Waals surface area contributed by atoms with Gasteiger partial charge in [-0.1, -0.05) is 32.6 Å². The molecule has 2 fully saturated rings. The molecule has 2 nitrogen and oxygen atoms in total. The lowest BCUT2D eigenvalue weighted by Crippen LogP contribution is -2.29. The molecule has 2 heteroatoms. The molecular formula is C15H29NO. The van der Waals surface area contributed by atoms with Crippen molar-refractivity contribution in [2.24, 2.45) is 11.8 Å². The maximum absolute atomic E-state index is 5.85. The van der Waals surface area contributed by atoms with Crippen molar-refractivity contribution in [3.05, 3.63) is 0 Å². The van der Waals surface area contributed by atoms with Crippen molar-refractivity contribution in [3.63, 3.8) is 0 Å². The van der Waals surface area contributed by atoms with Gasteiger partial charge in [-0.05, 0) is 44.1 Å². The maximum atomic E-state index is 5.85. The van der Waals surface area contributed by atoms with Crippen LogP contribution in [0.25, 0.3) is 0 Å². The van der Waals surface area contributed by atoms with Gasteiger partial charge >= 0.3 is 0 Å². The predicted octanol–water partition coefficient (Wildman–Crippen LogP) is 3.36. The highest BCUT2D eigenvalue weighted by Crippen LogP contribution is 2.27. The summed E-state index contributed by atoms with van der Waals surface area (Å²) in [5.74, 6) is 1.90. The second-order valence-electron chi connectivity index (χ2n) is 6.11. The third-order valence-electron chi connectivity index (χ3n) is 4.50. The fraction of sp³-hybridized carbons (Fsp3) is 1.00. The van der Waals surface area contributed by atoms with E-state index in [4.69, 9.17) is 4.74 Å². The Kier molecular flexibility index (Phi) is 5.79. The van der Waals surface area contributed by atoms with Gasteiger partial charge in [0.15, 0.2) is 0 Å². The van der Waals surface area contributed by atoms with Crippen molar-refractivity contribution in [3.8, 4) is 0 Å². The van der Waals surface area contributed by atoms with Crippen molar-refractivity contribution < 1.29 is 4.74 Å². The number of rotatable bonds is 6. The highest BCUT2D eigenvalue weighted by molar-refractivity contribution is 4.72. The van der Waals surface area contributed by atoms with Crippen molar-refractivity contribution in [2.75, 3.05) is 19.7 Å². The van der Waals surface area contributed by atoms with E-state index in [1.807, 2.05) is 0 Å². The topological polar surface area (TPSA) is 21.3 Å². The first kappa shape index (κ1) is 13.4. The summed E-state index contributed by atoms with van der Waals surface area (Å²) in [4.78, 5) is 0. The average Bonchev–Trinajstić information content (AvgIpc) is 2.84. The van der Waals surface area contributed by atoms with Gasteiger partial charge in [-0.15, -0.1) is 0 Å². The molecule has 2 saturated carbocycles. The monoisotopic (exact) mass is 239 g/mol. The second-order valence-corrected chi connectivity index (χ2v) is 6.11. The minimum Gasteiger partial charge on any atom is -0.377 e. The largest absolute Gasteiger partial charge is 0.377 e. The van der Waals surface area contributed by atoms with E-state index in [1.165, 1.54) is 57.9 Å². The zero-order chi connectivity index (χ0) is 11.9. The van der Waals surface area contributed by atoms with Gasteiger partial charge in [-0.2, -0.15) is 0 Å². The summed E-state index contributed by atoms with van der Waals surface area (Å²) in [5, 5.41) is 3.57. The fourth-order valence-electron chi connectivity index (χ4n) is 3.19. The van der Waals surface area contributed by atoms with Crippen LogP contribution in [0.1, 0.15) is 58.3 Å². The fourth-order valence-corrected chi connectivity index (χ4v) is 3.19. The van der Waals surface area contributed by atoms with E-state index in [1.54, 1.807) is 0 Å². The average molecular weight is 239 g/mol. The summed E-state index contributed by atoms with van der Waals surface area (Å²) < 4.78 is 5.85. The van der Waals surface area contributed by atoms with Crippen molar-refractivity contribution >= 4 is 0 Å². The Labute approximate surface area is 107 Å².